The molecular weight excluding hydrogens is 457 g/mol. The zero-order valence-corrected chi connectivity index (χ0v) is 19.3. The molecule has 2 aromatic heterocycles. The monoisotopic (exact) mass is 477 g/mol. The Morgan fingerprint density at radius 2 is 2.03 bits per heavy atom. The predicted molar refractivity (Wildman–Crippen MR) is 124 cm³/mol. The number of nitrogens with one attached hydrogen (secondary N) is 1. The van der Waals surface area contributed by atoms with Crippen LogP contribution in [0.5, 0.6) is 0 Å². The smallest absolute Gasteiger partial charge is 0.253 e. The normalized spacial score (nSPS) is 14.5. The summed E-state index contributed by atoms with van der Waals surface area (Å²) in [7, 11) is 0. The van der Waals surface area contributed by atoms with E-state index in [2.05, 4.69) is 15.3 Å². The average molecular weight is 478 g/mol. The van der Waals surface area contributed by atoms with Crippen LogP contribution in [0, 0.1) is 5.92 Å². The molecule has 7 nitrogen and oxygen atoms in total. The van der Waals surface area contributed by atoms with E-state index in [1.807, 2.05) is 13.8 Å². The van der Waals surface area contributed by atoms with Gasteiger partial charge in [0.05, 0.1) is 22.5 Å². The summed E-state index contributed by atoms with van der Waals surface area (Å²) in [6.07, 6.45) is 2.12. The molecule has 0 bridgehead atoms. The lowest BCUT2D eigenvalue weighted by Crippen LogP contribution is -2.52. The second-order valence-electron chi connectivity index (χ2n) is 7.77. The Labute approximate surface area is 193 Å². The minimum atomic E-state index is -0.681. The number of anilines is 1. The Balaban J connectivity index is 1.55. The number of hydrogen-bond donors (Lipinski definition) is 2. The molecule has 0 saturated carbocycles. The zero-order valence-electron chi connectivity index (χ0n) is 17.0. The van der Waals surface area contributed by atoms with Gasteiger partial charge in [-0.2, -0.15) is 0 Å². The lowest BCUT2D eigenvalue weighted by molar-refractivity contribution is -0.135. The van der Waals surface area contributed by atoms with E-state index in [0.717, 1.165) is 20.7 Å². The topological polar surface area (TPSA) is 101 Å². The maximum atomic E-state index is 13.3. The standard InChI is InChI=1S/C21H21Cl2N5O2S/c1-10(2)17(27-19(29)12-4-3-11(22)7-14(12)23)21(30)28-6-5-13-15(8-28)31-20-16(13)18(24)25-9-26-20/h3-4,7,9-10,17H,5-6,8H2,1-2H3,(H,27,29)(H2,24,25,26)/t17-/m1/s1. The van der Waals surface area contributed by atoms with Crippen molar-refractivity contribution in [3.63, 3.8) is 0 Å². The summed E-state index contributed by atoms with van der Waals surface area (Å²) >= 11 is 13.6. The highest BCUT2D eigenvalue weighted by Crippen LogP contribution is 2.36. The quantitative estimate of drug-likeness (QED) is 0.592. The molecule has 1 aromatic carbocycles. The number of aromatic nitrogens is 2. The zero-order chi connectivity index (χ0) is 22.3. The Kier molecular flexibility index (Phi) is 6.05. The molecule has 2 amide bonds. The number of halogens is 2. The molecule has 31 heavy (non-hydrogen) atoms. The molecule has 0 spiro atoms. The van der Waals surface area contributed by atoms with E-state index in [9.17, 15) is 9.59 Å². The summed E-state index contributed by atoms with van der Waals surface area (Å²) in [6.45, 7) is 4.79. The second-order valence-corrected chi connectivity index (χ2v) is 9.70. The molecule has 1 atom stereocenters. The molecule has 1 aliphatic rings. The van der Waals surface area contributed by atoms with Gasteiger partial charge < -0.3 is 16.0 Å². The van der Waals surface area contributed by atoms with E-state index in [1.54, 1.807) is 17.0 Å². The fourth-order valence-corrected chi connectivity index (χ4v) is 5.45. The Morgan fingerprint density at radius 1 is 1.26 bits per heavy atom. The first-order valence-electron chi connectivity index (χ1n) is 9.81. The average Bonchev–Trinajstić information content (AvgIpc) is 3.10. The SMILES string of the molecule is CC(C)[C@@H](NC(=O)c1ccc(Cl)cc1Cl)C(=O)N1CCc2c(sc3ncnc(N)c23)C1. The van der Waals surface area contributed by atoms with Crippen molar-refractivity contribution in [3.8, 4) is 0 Å². The number of nitrogen functional groups attached to an aromatic ring is 1. The lowest BCUT2D eigenvalue weighted by Gasteiger charge is -2.32. The summed E-state index contributed by atoms with van der Waals surface area (Å²) in [6, 6.07) is 3.97. The summed E-state index contributed by atoms with van der Waals surface area (Å²) in [5.41, 5.74) is 7.44. The summed E-state index contributed by atoms with van der Waals surface area (Å²) in [4.78, 5) is 38.2. The van der Waals surface area contributed by atoms with Crippen molar-refractivity contribution in [2.24, 2.45) is 5.92 Å². The molecule has 0 radical (unpaired) electrons. The molecule has 0 aliphatic carbocycles. The number of nitrogens with two attached hydrogens (primary N) is 1. The minimum absolute atomic E-state index is 0.104. The summed E-state index contributed by atoms with van der Waals surface area (Å²) in [5.74, 6) is -0.172. The Hall–Kier alpha value is -2.42. The number of amides is 2. The third kappa shape index (κ3) is 4.20. The fourth-order valence-electron chi connectivity index (χ4n) is 3.74. The van der Waals surface area contributed by atoms with E-state index in [1.165, 1.54) is 23.7 Å². The van der Waals surface area contributed by atoms with Crippen molar-refractivity contribution < 1.29 is 9.59 Å². The molecule has 3 heterocycles. The Bertz CT molecular complexity index is 1180. The van der Waals surface area contributed by atoms with Crippen molar-refractivity contribution in [3.05, 3.63) is 50.6 Å². The van der Waals surface area contributed by atoms with Crippen LogP contribution in [0.25, 0.3) is 10.2 Å². The van der Waals surface area contributed by atoms with Crippen molar-refractivity contribution in [2.45, 2.75) is 32.9 Å². The summed E-state index contributed by atoms with van der Waals surface area (Å²) in [5, 5.41) is 4.43. The summed E-state index contributed by atoms with van der Waals surface area (Å²) < 4.78 is 0. The first kappa shape index (κ1) is 21.8. The lowest BCUT2D eigenvalue weighted by atomic mass is 9.99. The van der Waals surface area contributed by atoms with Crippen LogP contribution >= 0.6 is 34.5 Å². The van der Waals surface area contributed by atoms with E-state index in [4.69, 9.17) is 28.9 Å². The van der Waals surface area contributed by atoms with Gasteiger partial charge in [0.15, 0.2) is 0 Å². The van der Waals surface area contributed by atoms with Crippen LogP contribution in [-0.4, -0.2) is 39.3 Å². The number of nitrogens with zero attached hydrogens (tertiary/aromatic N) is 3. The largest absolute Gasteiger partial charge is 0.383 e. The maximum Gasteiger partial charge on any atom is 0.253 e. The van der Waals surface area contributed by atoms with Gasteiger partial charge in [-0.15, -0.1) is 11.3 Å². The van der Waals surface area contributed by atoms with E-state index in [0.29, 0.717) is 30.4 Å². The maximum absolute atomic E-state index is 13.3. The van der Waals surface area contributed by atoms with Crippen molar-refractivity contribution in [1.29, 1.82) is 0 Å². The van der Waals surface area contributed by atoms with Crippen LogP contribution in [0.3, 0.4) is 0 Å². The second kappa shape index (κ2) is 8.61. The van der Waals surface area contributed by atoms with Crippen molar-refractivity contribution in [2.75, 3.05) is 12.3 Å². The van der Waals surface area contributed by atoms with Gasteiger partial charge in [-0.1, -0.05) is 37.0 Å². The van der Waals surface area contributed by atoms with Crippen LogP contribution in [0.2, 0.25) is 10.0 Å². The molecule has 162 valence electrons. The number of rotatable bonds is 4. The molecule has 4 rings (SSSR count). The number of thiophene rings is 1. The molecule has 3 N–H and O–H groups in total. The van der Waals surface area contributed by atoms with E-state index >= 15 is 0 Å². The van der Waals surface area contributed by atoms with Gasteiger partial charge in [0.2, 0.25) is 5.91 Å². The molecular formula is C21H21Cl2N5O2S. The fraction of sp³-hybridized carbons (Fsp3) is 0.333. The Morgan fingerprint density at radius 3 is 2.74 bits per heavy atom. The van der Waals surface area contributed by atoms with E-state index < -0.39 is 11.9 Å². The first-order chi connectivity index (χ1) is 14.8. The van der Waals surface area contributed by atoms with Crippen LogP contribution in [-0.2, 0) is 17.8 Å². The van der Waals surface area contributed by atoms with Crippen molar-refractivity contribution in [1.82, 2.24) is 20.2 Å². The minimum Gasteiger partial charge on any atom is -0.383 e. The van der Waals surface area contributed by atoms with Crippen LogP contribution in [0.15, 0.2) is 24.5 Å². The van der Waals surface area contributed by atoms with Crippen LogP contribution < -0.4 is 11.1 Å². The molecule has 0 unspecified atom stereocenters. The number of fused-ring (bicyclic) bond motifs is 3. The van der Waals surface area contributed by atoms with Crippen LogP contribution in [0.4, 0.5) is 5.82 Å². The van der Waals surface area contributed by atoms with Gasteiger partial charge in [-0.3, -0.25) is 9.59 Å². The third-order valence-electron chi connectivity index (χ3n) is 5.37. The van der Waals surface area contributed by atoms with Gasteiger partial charge in [0.1, 0.15) is 23.0 Å². The number of carbonyl (C=O) groups excluding carboxylic acids is 2. The molecule has 0 saturated heterocycles. The van der Waals surface area contributed by atoms with Gasteiger partial charge >= 0.3 is 0 Å². The number of benzene rings is 1. The molecule has 0 fully saturated rings. The highest BCUT2D eigenvalue weighted by atomic mass is 35.5. The molecule has 10 heteroatoms. The van der Waals surface area contributed by atoms with Crippen molar-refractivity contribution >= 4 is 62.4 Å². The molecule has 1 aliphatic heterocycles. The highest BCUT2D eigenvalue weighted by molar-refractivity contribution is 7.19. The highest BCUT2D eigenvalue weighted by Gasteiger charge is 2.33. The van der Waals surface area contributed by atoms with Gasteiger partial charge in [-0.25, -0.2) is 9.97 Å². The van der Waals surface area contributed by atoms with Gasteiger partial charge in [0, 0.05) is 16.4 Å². The van der Waals surface area contributed by atoms with Gasteiger partial charge in [0.25, 0.3) is 5.91 Å². The third-order valence-corrected chi connectivity index (χ3v) is 7.05. The predicted octanol–water partition coefficient (Wildman–Crippen LogP) is 3.92. The number of carbonyl (C=O) groups is 2. The number of hydrogen-bond acceptors (Lipinski definition) is 6. The molecule has 3 aromatic rings. The first-order valence-corrected chi connectivity index (χ1v) is 11.4. The van der Waals surface area contributed by atoms with E-state index in [-0.39, 0.29) is 22.4 Å². The van der Waals surface area contributed by atoms with Crippen LogP contribution in [0.1, 0.15) is 34.6 Å². The van der Waals surface area contributed by atoms with Gasteiger partial charge in [-0.05, 0) is 36.1 Å².